The summed E-state index contributed by atoms with van der Waals surface area (Å²) < 4.78 is 24.8. The third kappa shape index (κ3) is 4.47. The topological polar surface area (TPSA) is 84.8 Å². The van der Waals surface area contributed by atoms with Crippen LogP contribution in [0.1, 0.15) is 50.2 Å². The summed E-state index contributed by atoms with van der Waals surface area (Å²) in [6.45, 7) is 6.94. The van der Waals surface area contributed by atoms with E-state index < -0.39 is 9.84 Å². The maximum absolute atomic E-state index is 12.4. The molecular formula is C13H20N4O2S3. The third-order valence-electron chi connectivity index (χ3n) is 2.88. The maximum atomic E-state index is 12.4. The second-order valence-corrected chi connectivity index (χ2v) is 9.27. The Balaban J connectivity index is 2.06. The standard InChI is InChI=1S/C13H20N4O2S3/c1-4-5-6-14-12-16-17-13(21-12)22(18,19)8-10-7-20-11(15-10)9(2)3/h7,9H,4-6,8H2,1-3H3,(H,14,16). The summed E-state index contributed by atoms with van der Waals surface area (Å²) in [4.78, 5) is 4.37. The molecule has 0 saturated carbocycles. The first-order valence-corrected chi connectivity index (χ1v) is 10.5. The van der Waals surface area contributed by atoms with E-state index >= 15 is 0 Å². The molecule has 0 amide bonds. The van der Waals surface area contributed by atoms with Crippen LogP contribution in [-0.2, 0) is 15.6 Å². The lowest BCUT2D eigenvalue weighted by Crippen LogP contribution is -2.05. The molecule has 2 aromatic rings. The van der Waals surface area contributed by atoms with E-state index in [4.69, 9.17) is 0 Å². The molecule has 2 aromatic heterocycles. The van der Waals surface area contributed by atoms with Crippen LogP contribution >= 0.6 is 22.7 Å². The van der Waals surface area contributed by atoms with E-state index in [9.17, 15) is 8.42 Å². The number of sulfone groups is 1. The first-order valence-electron chi connectivity index (χ1n) is 7.16. The molecule has 2 rings (SSSR count). The zero-order chi connectivity index (χ0) is 16.2. The molecule has 0 bridgehead atoms. The number of rotatable bonds is 8. The molecule has 1 N–H and O–H groups in total. The van der Waals surface area contributed by atoms with Crippen LogP contribution in [-0.4, -0.2) is 30.1 Å². The molecule has 9 heteroatoms. The van der Waals surface area contributed by atoms with Gasteiger partial charge in [0, 0.05) is 17.8 Å². The Morgan fingerprint density at radius 2 is 2.09 bits per heavy atom. The van der Waals surface area contributed by atoms with Crippen LogP contribution in [0.15, 0.2) is 9.72 Å². The number of nitrogens with one attached hydrogen (secondary N) is 1. The largest absolute Gasteiger partial charge is 0.360 e. The van der Waals surface area contributed by atoms with Crippen LogP contribution in [0.3, 0.4) is 0 Å². The molecule has 0 aliphatic heterocycles. The lowest BCUT2D eigenvalue weighted by molar-refractivity contribution is 0.592. The van der Waals surface area contributed by atoms with Crippen LogP contribution in [0.25, 0.3) is 0 Å². The second kappa shape index (κ2) is 7.47. The number of hydrogen-bond donors (Lipinski definition) is 1. The number of aromatic nitrogens is 3. The molecule has 0 aliphatic carbocycles. The van der Waals surface area contributed by atoms with Crippen LogP contribution in [0, 0.1) is 0 Å². The normalized spacial score (nSPS) is 12.0. The van der Waals surface area contributed by atoms with Crippen molar-refractivity contribution < 1.29 is 8.42 Å². The Labute approximate surface area is 138 Å². The molecule has 0 radical (unpaired) electrons. The Morgan fingerprint density at radius 3 is 2.73 bits per heavy atom. The van der Waals surface area contributed by atoms with Crippen molar-refractivity contribution in [1.29, 1.82) is 0 Å². The van der Waals surface area contributed by atoms with Gasteiger partial charge in [-0.1, -0.05) is 38.5 Å². The summed E-state index contributed by atoms with van der Waals surface area (Å²) in [6, 6.07) is 0. The molecule has 0 saturated heterocycles. The number of unbranched alkanes of at least 4 members (excludes halogenated alkanes) is 1. The van der Waals surface area contributed by atoms with Gasteiger partial charge >= 0.3 is 0 Å². The van der Waals surface area contributed by atoms with Gasteiger partial charge in [-0.25, -0.2) is 13.4 Å². The zero-order valence-corrected chi connectivity index (χ0v) is 15.3. The monoisotopic (exact) mass is 360 g/mol. The van der Waals surface area contributed by atoms with Crippen LogP contribution in [0.5, 0.6) is 0 Å². The van der Waals surface area contributed by atoms with E-state index in [0.29, 0.717) is 16.7 Å². The number of anilines is 1. The Kier molecular flexibility index (Phi) is 5.87. The fourth-order valence-corrected chi connectivity index (χ4v) is 4.88. The average Bonchev–Trinajstić information content (AvgIpc) is 3.08. The van der Waals surface area contributed by atoms with Gasteiger partial charge in [0.15, 0.2) is 0 Å². The van der Waals surface area contributed by atoms with E-state index in [0.717, 1.165) is 35.7 Å². The summed E-state index contributed by atoms with van der Waals surface area (Å²) in [5.74, 6) is 0.178. The van der Waals surface area contributed by atoms with Crippen molar-refractivity contribution >= 4 is 37.6 Å². The van der Waals surface area contributed by atoms with Crippen molar-refractivity contribution in [2.75, 3.05) is 11.9 Å². The van der Waals surface area contributed by atoms with E-state index in [1.807, 2.05) is 13.8 Å². The summed E-state index contributed by atoms with van der Waals surface area (Å²) >= 11 is 2.57. The van der Waals surface area contributed by atoms with Gasteiger partial charge in [-0.15, -0.1) is 21.5 Å². The van der Waals surface area contributed by atoms with E-state index in [2.05, 4.69) is 27.4 Å². The molecule has 6 nitrogen and oxygen atoms in total. The minimum Gasteiger partial charge on any atom is -0.360 e. The Bertz CT molecular complexity index is 706. The number of thiazole rings is 1. The second-order valence-electron chi connectivity index (χ2n) is 5.24. The van der Waals surface area contributed by atoms with Crippen LogP contribution < -0.4 is 5.32 Å². The van der Waals surface area contributed by atoms with E-state index in [-0.39, 0.29) is 10.1 Å². The molecule has 22 heavy (non-hydrogen) atoms. The van der Waals surface area contributed by atoms with Crippen molar-refractivity contribution in [3.63, 3.8) is 0 Å². The number of hydrogen-bond acceptors (Lipinski definition) is 8. The van der Waals surface area contributed by atoms with Gasteiger partial charge in [0.2, 0.25) is 19.3 Å². The van der Waals surface area contributed by atoms with Gasteiger partial charge in [-0.2, -0.15) is 0 Å². The quantitative estimate of drug-likeness (QED) is 0.727. The summed E-state index contributed by atoms with van der Waals surface area (Å²) in [7, 11) is -3.49. The van der Waals surface area contributed by atoms with Gasteiger partial charge in [-0.3, -0.25) is 0 Å². The van der Waals surface area contributed by atoms with Crippen LogP contribution in [0.4, 0.5) is 5.13 Å². The minimum absolute atomic E-state index is 0.0468. The fraction of sp³-hybridized carbons (Fsp3) is 0.615. The number of nitrogens with zero attached hydrogens (tertiary/aromatic N) is 3. The molecule has 0 fully saturated rings. The highest BCUT2D eigenvalue weighted by molar-refractivity contribution is 7.92. The van der Waals surface area contributed by atoms with Gasteiger partial charge < -0.3 is 5.32 Å². The van der Waals surface area contributed by atoms with Crippen molar-refractivity contribution in [3.05, 3.63) is 16.1 Å². The predicted molar refractivity (Wildman–Crippen MR) is 90.4 cm³/mol. The van der Waals surface area contributed by atoms with Gasteiger partial charge in [0.05, 0.1) is 10.7 Å². The molecule has 0 aromatic carbocycles. The third-order valence-corrected chi connectivity index (χ3v) is 7.05. The predicted octanol–water partition coefficient (Wildman–Crippen LogP) is 3.30. The summed E-state index contributed by atoms with van der Waals surface area (Å²) in [5.41, 5.74) is 0.574. The molecule has 122 valence electrons. The highest BCUT2D eigenvalue weighted by Gasteiger charge is 2.22. The average molecular weight is 361 g/mol. The van der Waals surface area contributed by atoms with Gasteiger partial charge in [0.25, 0.3) is 0 Å². The van der Waals surface area contributed by atoms with Crippen molar-refractivity contribution in [2.45, 2.75) is 49.6 Å². The minimum atomic E-state index is -3.49. The van der Waals surface area contributed by atoms with E-state index in [1.165, 1.54) is 11.3 Å². The highest BCUT2D eigenvalue weighted by Crippen LogP contribution is 2.25. The fourth-order valence-electron chi connectivity index (χ4n) is 1.69. The lowest BCUT2D eigenvalue weighted by Gasteiger charge is -1.99. The summed E-state index contributed by atoms with van der Waals surface area (Å²) in [5, 5.41) is 14.1. The molecular weight excluding hydrogens is 340 g/mol. The van der Waals surface area contributed by atoms with Gasteiger partial charge in [-0.05, 0) is 6.42 Å². The molecule has 0 aliphatic rings. The van der Waals surface area contributed by atoms with Crippen molar-refractivity contribution in [1.82, 2.24) is 15.2 Å². The van der Waals surface area contributed by atoms with Crippen LogP contribution in [0.2, 0.25) is 0 Å². The van der Waals surface area contributed by atoms with Crippen molar-refractivity contribution in [3.8, 4) is 0 Å². The first-order chi connectivity index (χ1) is 10.4. The first kappa shape index (κ1) is 17.3. The molecule has 2 heterocycles. The smallest absolute Gasteiger partial charge is 0.234 e. The highest BCUT2D eigenvalue weighted by atomic mass is 32.2. The Hall–Kier alpha value is -1.06. The van der Waals surface area contributed by atoms with Crippen molar-refractivity contribution in [2.24, 2.45) is 0 Å². The Morgan fingerprint density at radius 1 is 1.32 bits per heavy atom. The maximum Gasteiger partial charge on any atom is 0.234 e. The summed E-state index contributed by atoms with van der Waals surface area (Å²) in [6.07, 6.45) is 2.08. The zero-order valence-electron chi connectivity index (χ0n) is 12.9. The lowest BCUT2D eigenvalue weighted by atomic mass is 10.2. The molecule has 0 unspecified atom stereocenters. The SMILES string of the molecule is CCCCNc1nnc(S(=O)(=O)Cc2csc(C(C)C)n2)s1. The molecule has 0 spiro atoms. The molecule has 0 atom stereocenters. The van der Waals surface area contributed by atoms with Gasteiger partial charge in [0.1, 0.15) is 5.75 Å². The van der Waals surface area contributed by atoms with E-state index in [1.54, 1.807) is 5.38 Å².